The lowest BCUT2D eigenvalue weighted by molar-refractivity contribution is -0.121. The van der Waals surface area contributed by atoms with E-state index in [1.54, 1.807) is 10.8 Å². The minimum atomic E-state index is 0.188. The molecule has 0 aliphatic rings. The Labute approximate surface area is 108 Å². The zero-order chi connectivity index (χ0) is 12.6. The predicted octanol–water partition coefficient (Wildman–Crippen LogP) is 3.37. The minimum absolute atomic E-state index is 0.188. The van der Waals surface area contributed by atoms with Crippen molar-refractivity contribution in [2.75, 3.05) is 18.1 Å². The Morgan fingerprint density at radius 3 is 2.25 bits per heavy atom. The predicted molar refractivity (Wildman–Crippen MR) is 77.1 cm³/mol. The van der Waals surface area contributed by atoms with Gasteiger partial charge in [-0.05, 0) is 20.8 Å². The fourth-order valence-corrected chi connectivity index (χ4v) is 2.93. The molecular weight excluding hydrogens is 238 g/mol. The van der Waals surface area contributed by atoms with Crippen LogP contribution in [0.4, 0.5) is 0 Å². The molecule has 0 unspecified atom stereocenters. The van der Waals surface area contributed by atoms with Crippen LogP contribution in [0.25, 0.3) is 0 Å². The van der Waals surface area contributed by atoms with Crippen molar-refractivity contribution in [1.29, 1.82) is 0 Å². The van der Waals surface area contributed by atoms with Crippen molar-refractivity contribution in [2.24, 2.45) is 5.92 Å². The summed E-state index contributed by atoms with van der Waals surface area (Å²) in [6, 6.07) is 0. The number of ketones is 1. The Morgan fingerprint density at radius 1 is 1.19 bits per heavy atom. The summed E-state index contributed by atoms with van der Waals surface area (Å²) < 4.78 is 0. The smallest absolute Gasteiger partial charge is 0.136 e. The molecule has 0 aliphatic heterocycles. The average Bonchev–Trinajstić information content (AvgIpc) is 2.14. The maximum absolute atomic E-state index is 11.3. The summed E-state index contributed by atoms with van der Waals surface area (Å²) in [4.78, 5) is 11.3. The van der Waals surface area contributed by atoms with E-state index in [1.807, 2.05) is 24.6 Å². The standard InChI is InChI=1S/C12H25NOS2/c1-10(2)11(14)6-8-15-16-9-7-13-12(3,4)5/h10,13H,6-9H2,1-5H3. The van der Waals surface area contributed by atoms with Crippen molar-refractivity contribution in [3.05, 3.63) is 0 Å². The van der Waals surface area contributed by atoms with E-state index in [-0.39, 0.29) is 11.5 Å². The van der Waals surface area contributed by atoms with Gasteiger partial charge >= 0.3 is 0 Å². The number of carbonyl (C=O) groups is 1. The quantitative estimate of drug-likeness (QED) is 0.537. The van der Waals surface area contributed by atoms with Gasteiger partial charge < -0.3 is 5.32 Å². The second-order valence-corrected chi connectivity index (χ2v) is 7.89. The normalized spacial score (nSPS) is 12.1. The molecule has 0 aromatic rings. The van der Waals surface area contributed by atoms with Crippen molar-refractivity contribution in [2.45, 2.75) is 46.6 Å². The Kier molecular flexibility index (Phi) is 8.60. The van der Waals surface area contributed by atoms with Crippen LogP contribution >= 0.6 is 21.6 Å². The SMILES string of the molecule is CC(C)C(=O)CCSSCCNC(C)(C)C. The molecule has 0 aromatic carbocycles. The molecule has 0 radical (unpaired) electrons. The van der Waals surface area contributed by atoms with Crippen molar-refractivity contribution < 1.29 is 4.79 Å². The van der Waals surface area contributed by atoms with Crippen molar-refractivity contribution in [3.8, 4) is 0 Å². The van der Waals surface area contributed by atoms with Crippen LogP contribution in [0.5, 0.6) is 0 Å². The van der Waals surface area contributed by atoms with Gasteiger partial charge in [-0.3, -0.25) is 4.79 Å². The number of Topliss-reactive ketones (excluding diaryl/α,β-unsaturated/α-hetero) is 1. The third kappa shape index (κ3) is 10.8. The summed E-state index contributed by atoms with van der Waals surface area (Å²) in [6.45, 7) is 11.5. The van der Waals surface area contributed by atoms with Crippen molar-refractivity contribution in [1.82, 2.24) is 5.32 Å². The highest BCUT2D eigenvalue weighted by Crippen LogP contribution is 2.22. The Morgan fingerprint density at radius 2 is 1.75 bits per heavy atom. The van der Waals surface area contributed by atoms with E-state index in [4.69, 9.17) is 0 Å². The molecule has 0 spiro atoms. The average molecular weight is 263 g/mol. The van der Waals surface area contributed by atoms with Gasteiger partial charge in [0.05, 0.1) is 0 Å². The van der Waals surface area contributed by atoms with Gasteiger partial charge in [0.2, 0.25) is 0 Å². The third-order valence-electron chi connectivity index (χ3n) is 2.00. The van der Waals surface area contributed by atoms with Gasteiger partial charge in [-0.15, -0.1) is 0 Å². The summed E-state index contributed by atoms with van der Waals surface area (Å²) in [7, 11) is 3.65. The highest BCUT2D eigenvalue weighted by molar-refractivity contribution is 8.76. The number of hydrogen-bond donors (Lipinski definition) is 1. The topological polar surface area (TPSA) is 29.1 Å². The van der Waals surface area contributed by atoms with Gasteiger partial charge in [0, 0.05) is 35.9 Å². The van der Waals surface area contributed by atoms with Crippen LogP contribution in [0.2, 0.25) is 0 Å². The van der Waals surface area contributed by atoms with Crippen LogP contribution in [-0.2, 0) is 4.79 Å². The van der Waals surface area contributed by atoms with Crippen LogP contribution in [0, 0.1) is 5.92 Å². The molecule has 0 amide bonds. The maximum Gasteiger partial charge on any atom is 0.136 e. The summed E-state index contributed by atoms with van der Waals surface area (Å²) >= 11 is 0. The first-order chi connectivity index (χ1) is 7.33. The molecule has 0 rings (SSSR count). The molecule has 0 aromatic heterocycles. The fourth-order valence-electron chi connectivity index (χ4n) is 1.02. The highest BCUT2D eigenvalue weighted by atomic mass is 33.1. The molecule has 4 heteroatoms. The molecule has 0 heterocycles. The lowest BCUT2D eigenvalue weighted by Crippen LogP contribution is -2.37. The van der Waals surface area contributed by atoms with E-state index in [0.29, 0.717) is 12.2 Å². The Bertz CT molecular complexity index is 200. The summed E-state index contributed by atoms with van der Waals surface area (Å²) in [6.07, 6.45) is 0.710. The zero-order valence-electron chi connectivity index (χ0n) is 11.1. The molecule has 0 saturated heterocycles. The monoisotopic (exact) mass is 263 g/mol. The van der Waals surface area contributed by atoms with Crippen LogP contribution < -0.4 is 5.32 Å². The molecule has 0 fully saturated rings. The Hall–Kier alpha value is 0.330. The molecule has 0 bridgehead atoms. The summed E-state index contributed by atoms with van der Waals surface area (Å²) in [5, 5.41) is 3.44. The van der Waals surface area contributed by atoms with Crippen LogP contribution in [-0.4, -0.2) is 29.4 Å². The summed E-state index contributed by atoms with van der Waals surface area (Å²) in [5.41, 5.74) is 0.207. The molecule has 0 aliphatic carbocycles. The largest absolute Gasteiger partial charge is 0.311 e. The third-order valence-corrected chi connectivity index (χ3v) is 4.41. The second kappa shape index (κ2) is 8.43. The number of carbonyl (C=O) groups excluding carboxylic acids is 1. The Balaban J connectivity index is 3.26. The fraction of sp³-hybridized carbons (Fsp3) is 0.917. The van der Waals surface area contributed by atoms with Gasteiger partial charge in [0.25, 0.3) is 0 Å². The van der Waals surface area contributed by atoms with E-state index >= 15 is 0 Å². The first kappa shape index (κ1) is 16.3. The molecule has 0 saturated carbocycles. The molecule has 0 atom stereocenters. The molecule has 16 heavy (non-hydrogen) atoms. The van der Waals surface area contributed by atoms with Gasteiger partial charge in [0.15, 0.2) is 0 Å². The summed E-state index contributed by atoms with van der Waals surface area (Å²) in [5.74, 6) is 2.60. The van der Waals surface area contributed by atoms with Gasteiger partial charge in [-0.1, -0.05) is 35.4 Å². The minimum Gasteiger partial charge on any atom is -0.311 e. The first-order valence-electron chi connectivity index (χ1n) is 5.85. The first-order valence-corrected chi connectivity index (χ1v) is 8.34. The van der Waals surface area contributed by atoms with E-state index in [9.17, 15) is 4.79 Å². The van der Waals surface area contributed by atoms with E-state index in [1.165, 1.54) is 0 Å². The maximum atomic E-state index is 11.3. The van der Waals surface area contributed by atoms with Crippen LogP contribution in [0.3, 0.4) is 0 Å². The van der Waals surface area contributed by atoms with Crippen molar-refractivity contribution >= 4 is 27.4 Å². The highest BCUT2D eigenvalue weighted by Gasteiger charge is 2.08. The van der Waals surface area contributed by atoms with Crippen LogP contribution in [0.1, 0.15) is 41.0 Å². The van der Waals surface area contributed by atoms with E-state index < -0.39 is 0 Å². The number of rotatable bonds is 8. The molecular formula is C12H25NOS2. The lowest BCUT2D eigenvalue weighted by atomic mass is 10.1. The lowest BCUT2D eigenvalue weighted by Gasteiger charge is -2.20. The second-order valence-electron chi connectivity index (χ2n) is 5.19. The van der Waals surface area contributed by atoms with Crippen molar-refractivity contribution in [3.63, 3.8) is 0 Å². The molecule has 2 nitrogen and oxygen atoms in total. The number of hydrogen-bond acceptors (Lipinski definition) is 4. The van der Waals surface area contributed by atoms with Gasteiger partial charge in [-0.25, -0.2) is 0 Å². The van der Waals surface area contributed by atoms with Crippen LogP contribution in [0.15, 0.2) is 0 Å². The zero-order valence-corrected chi connectivity index (χ0v) is 12.8. The molecule has 96 valence electrons. The number of nitrogens with one attached hydrogen (secondary N) is 1. The molecule has 1 N–H and O–H groups in total. The van der Waals surface area contributed by atoms with Gasteiger partial charge in [-0.2, -0.15) is 0 Å². The van der Waals surface area contributed by atoms with E-state index in [2.05, 4.69) is 26.1 Å². The van der Waals surface area contributed by atoms with E-state index in [0.717, 1.165) is 18.1 Å². The van der Waals surface area contributed by atoms with Gasteiger partial charge in [0.1, 0.15) is 5.78 Å².